The Balaban J connectivity index is 2.77. The van der Waals surface area contributed by atoms with Gasteiger partial charge in [0.05, 0.1) is 0 Å². The van der Waals surface area contributed by atoms with Crippen molar-refractivity contribution in [3.63, 3.8) is 0 Å². The van der Waals surface area contributed by atoms with E-state index in [4.69, 9.17) is 13.3 Å². The van der Waals surface area contributed by atoms with E-state index in [1.165, 1.54) is 0 Å². The largest absolute Gasteiger partial charge is 0.418 e. The van der Waals surface area contributed by atoms with Crippen molar-refractivity contribution >= 4 is 16.6 Å². The van der Waals surface area contributed by atoms with E-state index in [1.807, 2.05) is 0 Å². The average Bonchev–Trinajstić information content (AvgIpc) is 2.06. The summed E-state index contributed by atoms with van der Waals surface area (Å²) >= 11 is 0. The van der Waals surface area contributed by atoms with Crippen LogP contribution >= 0.6 is 0 Å². The Labute approximate surface area is 76.8 Å². The first-order valence-corrected chi connectivity index (χ1v) is 9.72. The lowest BCUT2D eigenvalue weighted by molar-refractivity contribution is 0.206. The molecule has 1 aliphatic heterocycles. The molecule has 0 bridgehead atoms. The SMILES string of the molecule is CO[Si]1(OC)C(C)CCO[SiH]1C. The fraction of sp³-hybridized carbons (Fsp3) is 1.00. The van der Waals surface area contributed by atoms with E-state index in [0.29, 0.717) is 5.54 Å². The molecule has 0 radical (unpaired) electrons. The molecule has 12 heavy (non-hydrogen) atoms. The van der Waals surface area contributed by atoms with Gasteiger partial charge in [-0.25, -0.2) is 0 Å². The zero-order valence-electron chi connectivity index (χ0n) is 8.29. The average molecular weight is 206 g/mol. The summed E-state index contributed by atoms with van der Waals surface area (Å²) in [5, 5.41) is 0. The molecule has 1 fully saturated rings. The third-order valence-electron chi connectivity index (χ3n) is 2.81. The third-order valence-corrected chi connectivity index (χ3v) is 14.6. The molecule has 0 aromatic rings. The Morgan fingerprint density at radius 1 is 1.42 bits per heavy atom. The monoisotopic (exact) mass is 206 g/mol. The van der Waals surface area contributed by atoms with E-state index in [1.54, 1.807) is 14.2 Å². The van der Waals surface area contributed by atoms with Gasteiger partial charge < -0.3 is 13.3 Å². The molecule has 5 heteroatoms. The lowest BCUT2D eigenvalue weighted by Gasteiger charge is -2.40. The van der Waals surface area contributed by atoms with E-state index in [-0.39, 0.29) is 0 Å². The van der Waals surface area contributed by atoms with Crippen LogP contribution in [0.15, 0.2) is 0 Å². The van der Waals surface area contributed by atoms with E-state index in [0.717, 1.165) is 13.0 Å². The lowest BCUT2D eigenvalue weighted by Crippen LogP contribution is -2.61. The van der Waals surface area contributed by atoms with Crippen LogP contribution < -0.4 is 0 Å². The number of hydrogen-bond donors (Lipinski definition) is 0. The van der Waals surface area contributed by atoms with Crippen molar-refractivity contribution in [2.24, 2.45) is 0 Å². The maximum absolute atomic E-state index is 5.70. The molecule has 3 nitrogen and oxygen atoms in total. The van der Waals surface area contributed by atoms with Gasteiger partial charge in [0.2, 0.25) is 8.56 Å². The molecule has 0 N–H and O–H groups in total. The molecule has 2 unspecified atom stereocenters. The van der Waals surface area contributed by atoms with Gasteiger partial charge in [-0.05, 0) is 13.0 Å². The van der Waals surface area contributed by atoms with E-state index in [2.05, 4.69) is 13.5 Å². The normalized spacial score (nSPS) is 35.0. The maximum atomic E-state index is 5.70. The molecule has 1 heterocycles. The van der Waals surface area contributed by atoms with Crippen LogP contribution in [0.25, 0.3) is 0 Å². The van der Waals surface area contributed by atoms with Crippen LogP contribution in [0.5, 0.6) is 0 Å². The van der Waals surface area contributed by atoms with E-state index in [9.17, 15) is 0 Å². The Hall–Kier alpha value is 0.314. The van der Waals surface area contributed by atoms with Crippen LogP contribution in [-0.4, -0.2) is 37.5 Å². The van der Waals surface area contributed by atoms with Gasteiger partial charge in [0.15, 0.2) is 0 Å². The first-order valence-electron chi connectivity index (χ1n) is 4.39. The van der Waals surface area contributed by atoms with E-state index < -0.39 is 16.6 Å². The summed E-state index contributed by atoms with van der Waals surface area (Å²) in [6, 6.07) is 0. The summed E-state index contributed by atoms with van der Waals surface area (Å²) in [5.74, 6) is 0. The highest BCUT2D eigenvalue weighted by Crippen LogP contribution is 2.32. The lowest BCUT2D eigenvalue weighted by atomic mass is 10.3. The molecular formula is C7H18O3Si2. The van der Waals surface area contributed by atoms with Gasteiger partial charge in [0.1, 0.15) is 0 Å². The van der Waals surface area contributed by atoms with Gasteiger partial charge in [-0.15, -0.1) is 0 Å². The molecule has 1 rings (SSSR count). The summed E-state index contributed by atoms with van der Waals surface area (Å²) in [4.78, 5) is 0. The first kappa shape index (κ1) is 10.4. The van der Waals surface area contributed by atoms with Gasteiger partial charge in [-0.2, -0.15) is 0 Å². The minimum atomic E-state index is -1.92. The maximum Gasteiger partial charge on any atom is 0.347 e. The second-order valence-electron chi connectivity index (χ2n) is 3.33. The number of hydrogen-bond acceptors (Lipinski definition) is 3. The second-order valence-corrected chi connectivity index (χ2v) is 13.0. The predicted octanol–water partition coefficient (Wildman–Crippen LogP) is 0.964. The Morgan fingerprint density at radius 3 is 2.33 bits per heavy atom. The van der Waals surface area contributed by atoms with Crippen molar-refractivity contribution in [3.05, 3.63) is 0 Å². The molecule has 0 amide bonds. The molecular weight excluding hydrogens is 188 g/mol. The van der Waals surface area contributed by atoms with Crippen LogP contribution in [0, 0.1) is 0 Å². The van der Waals surface area contributed by atoms with Gasteiger partial charge in [0, 0.05) is 26.4 Å². The van der Waals surface area contributed by atoms with Gasteiger partial charge in [-0.1, -0.05) is 6.92 Å². The fourth-order valence-electron chi connectivity index (χ4n) is 1.96. The summed E-state index contributed by atoms with van der Waals surface area (Å²) < 4.78 is 16.9. The molecule has 1 aliphatic rings. The van der Waals surface area contributed by atoms with Crippen molar-refractivity contribution in [2.45, 2.75) is 25.4 Å². The molecule has 2 atom stereocenters. The predicted molar refractivity (Wildman–Crippen MR) is 52.8 cm³/mol. The smallest absolute Gasteiger partial charge is 0.347 e. The summed E-state index contributed by atoms with van der Waals surface area (Å²) in [5.41, 5.74) is 0.586. The van der Waals surface area contributed by atoms with Crippen LogP contribution in [0.2, 0.25) is 12.1 Å². The Morgan fingerprint density at radius 2 is 2.00 bits per heavy atom. The van der Waals surface area contributed by atoms with Crippen molar-refractivity contribution in [1.82, 2.24) is 0 Å². The van der Waals surface area contributed by atoms with Crippen molar-refractivity contribution in [2.75, 3.05) is 20.8 Å². The molecule has 0 aromatic heterocycles. The van der Waals surface area contributed by atoms with E-state index >= 15 is 0 Å². The summed E-state index contributed by atoms with van der Waals surface area (Å²) in [6.07, 6.45) is 1.09. The fourth-order valence-corrected chi connectivity index (χ4v) is 11.6. The molecule has 0 aromatic carbocycles. The minimum Gasteiger partial charge on any atom is -0.418 e. The third kappa shape index (κ3) is 1.51. The minimum absolute atomic E-state index is 0.586. The van der Waals surface area contributed by atoms with Gasteiger partial charge in [0.25, 0.3) is 0 Å². The van der Waals surface area contributed by atoms with Crippen molar-refractivity contribution < 1.29 is 13.3 Å². The van der Waals surface area contributed by atoms with Crippen molar-refractivity contribution in [3.8, 4) is 0 Å². The summed E-state index contributed by atoms with van der Waals surface area (Å²) in [6.45, 7) is 5.32. The first-order chi connectivity index (χ1) is 5.67. The Bertz CT molecular complexity index is 138. The van der Waals surface area contributed by atoms with Crippen LogP contribution in [0.3, 0.4) is 0 Å². The molecule has 72 valence electrons. The standard InChI is InChI=1S/C7H18O3Si2/c1-7-5-6-10-11(4)12(7,8-2)9-3/h7,11H,5-6H2,1-4H3. The highest BCUT2D eigenvalue weighted by atomic mass is 29.3. The number of rotatable bonds is 2. The molecule has 0 saturated carbocycles. The zero-order chi connectivity index (χ0) is 9.19. The van der Waals surface area contributed by atoms with Crippen LogP contribution in [-0.2, 0) is 13.3 Å². The highest BCUT2D eigenvalue weighted by molar-refractivity contribution is 7.25. The molecule has 0 spiro atoms. The second kappa shape index (κ2) is 4.01. The van der Waals surface area contributed by atoms with Gasteiger partial charge in [-0.3, -0.25) is 0 Å². The van der Waals surface area contributed by atoms with Crippen molar-refractivity contribution in [1.29, 1.82) is 0 Å². The molecule has 0 aliphatic carbocycles. The van der Waals surface area contributed by atoms with Gasteiger partial charge >= 0.3 is 8.08 Å². The zero-order valence-corrected chi connectivity index (χ0v) is 10.4. The molecule has 1 saturated heterocycles. The quantitative estimate of drug-likeness (QED) is 0.630. The van der Waals surface area contributed by atoms with Crippen LogP contribution in [0.1, 0.15) is 13.3 Å². The topological polar surface area (TPSA) is 27.7 Å². The van der Waals surface area contributed by atoms with Crippen LogP contribution in [0.4, 0.5) is 0 Å². The summed E-state index contributed by atoms with van der Waals surface area (Å²) in [7, 11) is 0.407. The Kier molecular flexibility index (Phi) is 3.48. The highest BCUT2D eigenvalue weighted by Gasteiger charge is 2.51.